The molecule has 2 aromatic carbocycles. The van der Waals surface area contributed by atoms with E-state index in [1.165, 1.54) is 0 Å². The van der Waals surface area contributed by atoms with E-state index in [1.807, 2.05) is 31.2 Å². The first-order valence-corrected chi connectivity index (χ1v) is 9.51. The van der Waals surface area contributed by atoms with Crippen molar-refractivity contribution in [2.75, 3.05) is 15.8 Å². The summed E-state index contributed by atoms with van der Waals surface area (Å²) in [4.78, 5) is 0. The average molecular weight is 343 g/mol. The first-order valence-electron chi connectivity index (χ1n) is 7.86. The van der Waals surface area contributed by atoms with Gasteiger partial charge in [-0.25, -0.2) is 8.42 Å². The summed E-state index contributed by atoms with van der Waals surface area (Å²) < 4.78 is 26.3. The Morgan fingerprint density at radius 2 is 1.62 bits per heavy atom. The molecule has 0 heterocycles. The SMILES string of the molecule is CCCCS(=O)(=O)Nc1ccc(NCc2ccc(C#N)cc2)cc1. The molecular weight excluding hydrogens is 322 g/mol. The summed E-state index contributed by atoms with van der Waals surface area (Å²) in [6.45, 7) is 2.59. The second-order valence-electron chi connectivity index (χ2n) is 5.51. The molecule has 126 valence electrons. The van der Waals surface area contributed by atoms with Crippen LogP contribution in [0.1, 0.15) is 30.9 Å². The van der Waals surface area contributed by atoms with E-state index in [1.54, 1.807) is 24.3 Å². The quantitative estimate of drug-likeness (QED) is 0.765. The molecular formula is C18H21N3O2S. The van der Waals surface area contributed by atoms with Gasteiger partial charge in [0.2, 0.25) is 10.0 Å². The molecule has 2 aromatic rings. The number of hydrogen-bond donors (Lipinski definition) is 2. The second-order valence-corrected chi connectivity index (χ2v) is 7.36. The lowest BCUT2D eigenvalue weighted by Gasteiger charge is -2.10. The summed E-state index contributed by atoms with van der Waals surface area (Å²) >= 11 is 0. The van der Waals surface area contributed by atoms with E-state index in [-0.39, 0.29) is 5.75 Å². The van der Waals surface area contributed by atoms with Gasteiger partial charge in [-0.05, 0) is 48.4 Å². The van der Waals surface area contributed by atoms with E-state index >= 15 is 0 Å². The van der Waals surface area contributed by atoms with E-state index in [9.17, 15) is 8.42 Å². The van der Waals surface area contributed by atoms with Crippen LogP contribution >= 0.6 is 0 Å². The molecule has 0 aliphatic rings. The molecule has 0 bridgehead atoms. The highest BCUT2D eigenvalue weighted by molar-refractivity contribution is 7.92. The Morgan fingerprint density at radius 1 is 1.00 bits per heavy atom. The van der Waals surface area contributed by atoms with Gasteiger partial charge in [0.25, 0.3) is 0 Å². The van der Waals surface area contributed by atoms with Crippen molar-refractivity contribution >= 4 is 21.4 Å². The lowest BCUT2D eigenvalue weighted by molar-refractivity contribution is 0.598. The maximum atomic E-state index is 11.9. The minimum Gasteiger partial charge on any atom is -0.381 e. The van der Waals surface area contributed by atoms with Gasteiger partial charge in [0.05, 0.1) is 17.4 Å². The van der Waals surface area contributed by atoms with Gasteiger partial charge in [0.1, 0.15) is 0 Å². The van der Waals surface area contributed by atoms with E-state index in [4.69, 9.17) is 5.26 Å². The number of unbranched alkanes of at least 4 members (excludes halogenated alkanes) is 1. The van der Waals surface area contributed by atoms with Gasteiger partial charge >= 0.3 is 0 Å². The molecule has 2 rings (SSSR count). The molecule has 0 saturated heterocycles. The normalized spacial score (nSPS) is 10.8. The minimum atomic E-state index is -3.27. The maximum absolute atomic E-state index is 11.9. The van der Waals surface area contributed by atoms with Gasteiger partial charge in [0.15, 0.2) is 0 Å². The Labute approximate surface area is 143 Å². The third-order valence-corrected chi connectivity index (χ3v) is 4.88. The summed E-state index contributed by atoms with van der Waals surface area (Å²) in [5.74, 6) is 0.141. The number of sulfonamides is 1. The predicted molar refractivity (Wildman–Crippen MR) is 97.2 cm³/mol. The van der Waals surface area contributed by atoms with Gasteiger partial charge in [-0.15, -0.1) is 0 Å². The van der Waals surface area contributed by atoms with Crippen LogP contribution in [0.5, 0.6) is 0 Å². The molecule has 0 spiro atoms. The van der Waals surface area contributed by atoms with Gasteiger partial charge < -0.3 is 5.32 Å². The summed E-state index contributed by atoms with van der Waals surface area (Å²) in [5, 5.41) is 12.0. The van der Waals surface area contributed by atoms with Crippen molar-refractivity contribution in [1.29, 1.82) is 5.26 Å². The molecule has 5 nitrogen and oxygen atoms in total. The zero-order valence-electron chi connectivity index (χ0n) is 13.6. The second kappa shape index (κ2) is 8.37. The molecule has 6 heteroatoms. The Hall–Kier alpha value is -2.52. The van der Waals surface area contributed by atoms with E-state index in [2.05, 4.69) is 16.1 Å². The Kier molecular flexibility index (Phi) is 6.21. The smallest absolute Gasteiger partial charge is 0.232 e. The lowest BCUT2D eigenvalue weighted by Crippen LogP contribution is -2.16. The molecule has 0 aliphatic heterocycles. The molecule has 2 N–H and O–H groups in total. The maximum Gasteiger partial charge on any atom is 0.232 e. The topological polar surface area (TPSA) is 82.0 Å². The predicted octanol–water partition coefficient (Wildman–Crippen LogP) is 3.71. The van der Waals surface area contributed by atoms with Crippen molar-refractivity contribution in [3.8, 4) is 6.07 Å². The fourth-order valence-electron chi connectivity index (χ4n) is 2.12. The van der Waals surface area contributed by atoms with Crippen LogP contribution in [0.2, 0.25) is 0 Å². The van der Waals surface area contributed by atoms with Crippen LogP contribution in [0, 0.1) is 11.3 Å². The van der Waals surface area contributed by atoms with Gasteiger partial charge in [-0.3, -0.25) is 4.72 Å². The van der Waals surface area contributed by atoms with Crippen LogP contribution in [0.4, 0.5) is 11.4 Å². The molecule has 24 heavy (non-hydrogen) atoms. The number of benzene rings is 2. The highest BCUT2D eigenvalue weighted by Gasteiger charge is 2.09. The van der Waals surface area contributed by atoms with Crippen molar-refractivity contribution in [2.24, 2.45) is 0 Å². The Balaban J connectivity index is 1.90. The molecule has 0 unspecified atom stereocenters. The Bertz CT molecular complexity index is 792. The van der Waals surface area contributed by atoms with Crippen LogP contribution in [-0.2, 0) is 16.6 Å². The van der Waals surface area contributed by atoms with Gasteiger partial charge in [0, 0.05) is 17.9 Å². The first-order chi connectivity index (χ1) is 11.5. The van der Waals surface area contributed by atoms with Crippen LogP contribution in [-0.4, -0.2) is 14.2 Å². The molecule has 0 fully saturated rings. The summed E-state index contributed by atoms with van der Waals surface area (Å²) in [6.07, 6.45) is 1.50. The van der Waals surface area contributed by atoms with Crippen molar-refractivity contribution in [3.63, 3.8) is 0 Å². The highest BCUT2D eigenvalue weighted by Crippen LogP contribution is 2.16. The largest absolute Gasteiger partial charge is 0.381 e. The molecule has 0 amide bonds. The number of nitrogens with zero attached hydrogens (tertiary/aromatic N) is 1. The third kappa shape index (κ3) is 5.60. The van der Waals surface area contributed by atoms with E-state index in [0.717, 1.165) is 17.7 Å². The zero-order chi connectivity index (χ0) is 17.4. The number of anilines is 2. The number of nitrogens with one attached hydrogen (secondary N) is 2. The summed E-state index contributed by atoms with van der Waals surface area (Å²) in [7, 11) is -3.27. The fourth-order valence-corrected chi connectivity index (χ4v) is 3.39. The first kappa shape index (κ1) is 17.8. The standard InChI is InChI=1S/C18H21N3O2S/c1-2-3-12-24(22,23)21-18-10-8-17(9-11-18)20-14-16-6-4-15(13-19)5-7-16/h4-11,20-21H,2-3,12,14H2,1H3. The molecule has 0 atom stereocenters. The molecule has 0 aliphatic carbocycles. The lowest BCUT2D eigenvalue weighted by atomic mass is 10.1. The number of hydrogen-bond acceptors (Lipinski definition) is 4. The van der Waals surface area contributed by atoms with Crippen LogP contribution < -0.4 is 10.0 Å². The molecule has 0 aromatic heterocycles. The van der Waals surface area contributed by atoms with Crippen LogP contribution in [0.15, 0.2) is 48.5 Å². The van der Waals surface area contributed by atoms with Gasteiger partial charge in [-0.2, -0.15) is 5.26 Å². The van der Waals surface area contributed by atoms with Crippen molar-refractivity contribution in [2.45, 2.75) is 26.3 Å². The number of rotatable bonds is 8. The highest BCUT2D eigenvalue weighted by atomic mass is 32.2. The van der Waals surface area contributed by atoms with Crippen molar-refractivity contribution in [1.82, 2.24) is 0 Å². The summed E-state index contributed by atoms with van der Waals surface area (Å²) in [5.41, 5.74) is 3.17. The fraction of sp³-hybridized carbons (Fsp3) is 0.278. The van der Waals surface area contributed by atoms with E-state index < -0.39 is 10.0 Å². The molecule has 0 saturated carbocycles. The third-order valence-electron chi connectivity index (χ3n) is 3.50. The van der Waals surface area contributed by atoms with Crippen molar-refractivity contribution in [3.05, 3.63) is 59.7 Å². The monoisotopic (exact) mass is 343 g/mol. The van der Waals surface area contributed by atoms with Crippen molar-refractivity contribution < 1.29 is 8.42 Å². The number of nitriles is 1. The minimum absolute atomic E-state index is 0.141. The van der Waals surface area contributed by atoms with Gasteiger partial charge in [-0.1, -0.05) is 25.5 Å². The molecule has 0 radical (unpaired) electrons. The summed E-state index contributed by atoms with van der Waals surface area (Å²) in [6, 6.07) is 16.6. The Morgan fingerprint density at radius 3 is 2.21 bits per heavy atom. The average Bonchev–Trinajstić information content (AvgIpc) is 2.59. The van der Waals surface area contributed by atoms with E-state index in [0.29, 0.717) is 24.2 Å². The zero-order valence-corrected chi connectivity index (χ0v) is 14.4. The van der Waals surface area contributed by atoms with Crippen LogP contribution in [0.25, 0.3) is 0 Å². The van der Waals surface area contributed by atoms with Crippen LogP contribution in [0.3, 0.4) is 0 Å².